The normalized spacial score (nSPS) is 12.9. The van der Waals surface area contributed by atoms with E-state index in [-0.39, 0.29) is 5.56 Å². The molecule has 1 unspecified atom stereocenters. The summed E-state index contributed by atoms with van der Waals surface area (Å²) in [5, 5.41) is 19.4. The van der Waals surface area contributed by atoms with Crippen molar-refractivity contribution in [1.29, 1.82) is 0 Å². The van der Waals surface area contributed by atoms with Gasteiger partial charge < -0.3 is 15.2 Å². The monoisotopic (exact) mass is 219 g/mol. The van der Waals surface area contributed by atoms with Crippen LogP contribution in [-0.2, 0) is 0 Å². The molecule has 0 amide bonds. The van der Waals surface area contributed by atoms with E-state index in [4.69, 9.17) is 5.11 Å². The van der Waals surface area contributed by atoms with Crippen molar-refractivity contribution in [1.82, 2.24) is 4.98 Å². The van der Waals surface area contributed by atoms with Crippen LogP contribution in [0.15, 0.2) is 18.2 Å². The van der Waals surface area contributed by atoms with Crippen LogP contribution in [0.25, 0.3) is 10.9 Å². The molecule has 0 aliphatic rings. The molecule has 1 heterocycles. The summed E-state index contributed by atoms with van der Waals surface area (Å²) >= 11 is 0. The number of hydrogen-bond donors (Lipinski definition) is 3. The maximum absolute atomic E-state index is 11.2. The maximum atomic E-state index is 11.2. The summed E-state index contributed by atoms with van der Waals surface area (Å²) in [6.07, 6.45) is -0.821. The summed E-state index contributed by atoms with van der Waals surface area (Å²) in [5.41, 5.74) is 2.26. The number of nitrogens with one attached hydrogen (secondary N) is 1. The van der Waals surface area contributed by atoms with Crippen LogP contribution in [0.4, 0.5) is 0 Å². The van der Waals surface area contributed by atoms with E-state index in [0.29, 0.717) is 11.1 Å². The topological polar surface area (TPSA) is 73.3 Å². The van der Waals surface area contributed by atoms with E-state index < -0.39 is 12.1 Å². The number of hydrogen-bond acceptors (Lipinski definition) is 2. The smallest absolute Gasteiger partial charge is 0.338 e. The molecular weight excluding hydrogens is 206 g/mol. The lowest BCUT2D eigenvalue weighted by atomic mass is 10.1. The second-order valence-corrected chi connectivity index (χ2v) is 3.89. The fourth-order valence-corrected chi connectivity index (χ4v) is 1.93. The van der Waals surface area contributed by atoms with Gasteiger partial charge in [-0.1, -0.05) is 18.2 Å². The van der Waals surface area contributed by atoms with Gasteiger partial charge in [0.05, 0.1) is 17.4 Å². The van der Waals surface area contributed by atoms with Gasteiger partial charge in [-0.05, 0) is 19.4 Å². The average molecular weight is 219 g/mol. The molecule has 0 aliphatic carbocycles. The number of aliphatic hydroxyl groups excluding tert-OH is 1. The molecule has 1 aromatic carbocycles. The lowest BCUT2D eigenvalue weighted by Gasteiger charge is -2.02. The summed E-state index contributed by atoms with van der Waals surface area (Å²) in [5.74, 6) is -1.02. The van der Waals surface area contributed by atoms with Gasteiger partial charge in [0.1, 0.15) is 0 Å². The third-order valence-electron chi connectivity index (χ3n) is 2.70. The zero-order valence-corrected chi connectivity index (χ0v) is 9.11. The molecule has 3 N–H and O–H groups in total. The minimum Gasteiger partial charge on any atom is -0.478 e. The third kappa shape index (κ3) is 1.47. The molecule has 4 nitrogen and oxygen atoms in total. The summed E-state index contributed by atoms with van der Waals surface area (Å²) in [4.78, 5) is 14.2. The van der Waals surface area contributed by atoms with Crippen LogP contribution in [0, 0.1) is 6.92 Å². The van der Waals surface area contributed by atoms with Crippen LogP contribution in [0.1, 0.15) is 34.6 Å². The fraction of sp³-hybridized carbons (Fsp3) is 0.250. The Labute approximate surface area is 92.5 Å². The lowest BCUT2D eigenvalue weighted by Crippen LogP contribution is -2.03. The largest absolute Gasteiger partial charge is 0.478 e. The van der Waals surface area contributed by atoms with Crippen molar-refractivity contribution in [2.24, 2.45) is 0 Å². The molecule has 0 radical (unpaired) electrons. The Bertz CT molecular complexity index is 555. The number of para-hydroxylation sites is 1. The predicted molar refractivity (Wildman–Crippen MR) is 60.6 cm³/mol. The van der Waals surface area contributed by atoms with E-state index in [0.717, 1.165) is 11.1 Å². The Morgan fingerprint density at radius 1 is 1.44 bits per heavy atom. The van der Waals surface area contributed by atoms with Crippen molar-refractivity contribution in [3.8, 4) is 0 Å². The first-order valence-corrected chi connectivity index (χ1v) is 5.05. The molecule has 0 aliphatic heterocycles. The number of H-pyrrole nitrogens is 1. The molecule has 16 heavy (non-hydrogen) atoms. The Morgan fingerprint density at radius 3 is 2.69 bits per heavy atom. The van der Waals surface area contributed by atoms with Gasteiger partial charge in [0.25, 0.3) is 0 Å². The van der Waals surface area contributed by atoms with Gasteiger partial charge in [0, 0.05) is 10.9 Å². The van der Waals surface area contributed by atoms with Crippen molar-refractivity contribution < 1.29 is 15.0 Å². The SMILES string of the molecule is Cc1cccc2c(C(=O)O)c(C(C)O)[nH]c12. The van der Waals surface area contributed by atoms with Gasteiger partial charge in [0.15, 0.2) is 0 Å². The molecule has 2 aromatic rings. The second-order valence-electron chi connectivity index (χ2n) is 3.89. The van der Waals surface area contributed by atoms with E-state index >= 15 is 0 Å². The van der Waals surface area contributed by atoms with Crippen LogP contribution in [0.2, 0.25) is 0 Å². The van der Waals surface area contributed by atoms with Gasteiger partial charge in [-0.2, -0.15) is 0 Å². The molecule has 0 saturated carbocycles. The highest BCUT2D eigenvalue weighted by Gasteiger charge is 2.20. The molecular formula is C12H13NO3. The number of benzene rings is 1. The second kappa shape index (κ2) is 3.64. The molecule has 0 spiro atoms. The molecule has 84 valence electrons. The van der Waals surface area contributed by atoms with E-state index in [1.807, 2.05) is 19.1 Å². The predicted octanol–water partition coefficient (Wildman–Crippen LogP) is 2.23. The van der Waals surface area contributed by atoms with Crippen molar-refractivity contribution in [2.45, 2.75) is 20.0 Å². The van der Waals surface area contributed by atoms with Crippen LogP contribution < -0.4 is 0 Å². The quantitative estimate of drug-likeness (QED) is 0.725. The summed E-state index contributed by atoms with van der Waals surface area (Å²) in [6, 6.07) is 5.45. The zero-order valence-electron chi connectivity index (χ0n) is 9.11. The highest BCUT2D eigenvalue weighted by atomic mass is 16.4. The summed E-state index contributed by atoms with van der Waals surface area (Å²) < 4.78 is 0. The maximum Gasteiger partial charge on any atom is 0.338 e. The van der Waals surface area contributed by atoms with E-state index in [1.165, 1.54) is 0 Å². The van der Waals surface area contributed by atoms with Crippen LogP contribution >= 0.6 is 0 Å². The standard InChI is InChI=1S/C12H13NO3/c1-6-4-3-5-8-9(12(15)16)11(7(2)14)13-10(6)8/h3-5,7,13-14H,1-2H3,(H,15,16). The highest BCUT2D eigenvalue weighted by Crippen LogP contribution is 2.28. The number of aromatic nitrogens is 1. The van der Waals surface area contributed by atoms with Crippen molar-refractivity contribution >= 4 is 16.9 Å². The molecule has 2 rings (SSSR count). The van der Waals surface area contributed by atoms with Crippen molar-refractivity contribution in [3.63, 3.8) is 0 Å². The Kier molecular flexibility index (Phi) is 2.44. The van der Waals surface area contributed by atoms with E-state index in [9.17, 15) is 9.90 Å². The zero-order chi connectivity index (χ0) is 11.9. The number of aryl methyl sites for hydroxylation is 1. The number of carboxylic acids is 1. The molecule has 1 atom stereocenters. The van der Waals surface area contributed by atoms with Crippen LogP contribution in [0.5, 0.6) is 0 Å². The van der Waals surface area contributed by atoms with Gasteiger partial charge in [-0.15, -0.1) is 0 Å². The van der Waals surface area contributed by atoms with Crippen LogP contribution in [-0.4, -0.2) is 21.2 Å². The first-order chi connectivity index (χ1) is 7.52. The number of aliphatic hydroxyl groups is 1. The minimum absolute atomic E-state index is 0.161. The van der Waals surface area contributed by atoms with Gasteiger partial charge in [-0.3, -0.25) is 0 Å². The Morgan fingerprint density at radius 2 is 2.12 bits per heavy atom. The molecule has 1 aromatic heterocycles. The minimum atomic E-state index is -1.02. The fourth-order valence-electron chi connectivity index (χ4n) is 1.93. The van der Waals surface area contributed by atoms with Gasteiger partial charge in [0.2, 0.25) is 0 Å². The van der Waals surface area contributed by atoms with E-state index in [1.54, 1.807) is 13.0 Å². The molecule has 4 heteroatoms. The van der Waals surface area contributed by atoms with E-state index in [2.05, 4.69) is 4.98 Å². The summed E-state index contributed by atoms with van der Waals surface area (Å²) in [6.45, 7) is 3.45. The number of aromatic amines is 1. The number of carbonyl (C=O) groups is 1. The lowest BCUT2D eigenvalue weighted by molar-refractivity contribution is 0.0692. The van der Waals surface area contributed by atoms with Crippen molar-refractivity contribution in [2.75, 3.05) is 0 Å². The Balaban J connectivity index is 2.86. The molecule has 0 bridgehead atoms. The summed E-state index contributed by atoms with van der Waals surface area (Å²) in [7, 11) is 0. The molecule has 0 fully saturated rings. The number of fused-ring (bicyclic) bond motifs is 1. The number of rotatable bonds is 2. The average Bonchev–Trinajstić information content (AvgIpc) is 2.58. The Hall–Kier alpha value is -1.81. The number of carboxylic acid groups (broad SMARTS) is 1. The first kappa shape index (κ1) is 10.7. The first-order valence-electron chi connectivity index (χ1n) is 5.05. The number of aromatic carboxylic acids is 1. The third-order valence-corrected chi connectivity index (χ3v) is 2.70. The van der Waals surface area contributed by atoms with Gasteiger partial charge in [-0.25, -0.2) is 4.79 Å². The molecule has 0 saturated heterocycles. The van der Waals surface area contributed by atoms with Gasteiger partial charge >= 0.3 is 5.97 Å². The van der Waals surface area contributed by atoms with Crippen LogP contribution in [0.3, 0.4) is 0 Å². The van der Waals surface area contributed by atoms with Crippen molar-refractivity contribution in [3.05, 3.63) is 35.0 Å². The highest BCUT2D eigenvalue weighted by molar-refractivity contribution is 6.05.